The SMILES string of the molecule is O=C(C=C1NCCN1Cc1ccc(Cl)nc1)C(F)(F)C(F)(F)F. The Hall–Kier alpha value is -1.90. The van der Waals surface area contributed by atoms with Crippen LogP contribution in [0.1, 0.15) is 5.56 Å². The zero-order valence-corrected chi connectivity index (χ0v) is 12.3. The molecular weight excluding hydrogens is 345 g/mol. The average molecular weight is 356 g/mol. The first kappa shape index (κ1) is 17.5. The van der Waals surface area contributed by atoms with Crippen LogP contribution in [0, 0.1) is 0 Å². The molecule has 1 fully saturated rings. The molecule has 0 atom stereocenters. The van der Waals surface area contributed by atoms with E-state index in [1.165, 1.54) is 17.2 Å². The molecule has 126 valence electrons. The fraction of sp³-hybridized carbons (Fsp3) is 0.385. The smallest absolute Gasteiger partial charge is 0.370 e. The average Bonchev–Trinajstić information content (AvgIpc) is 2.87. The number of allylic oxidation sites excluding steroid dienone is 1. The van der Waals surface area contributed by atoms with Gasteiger partial charge in [-0.1, -0.05) is 17.7 Å². The largest absolute Gasteiger partial charge is 0.461 e. The third-order valence-electron chi connectivity index (χ3n) is 3.12. The summed E-state index contributed by atoms with van der Waals surface area (Å²) in [6.45, 7) is 0.852. The lowest BCUT2D eigenvalue weighted by molar-refractivity contribution is -0.266. The number of halogens is 6. The van der Waals surface area contributed by atoms with Crippen molar-refractivity contribution in [3.63, 3.8) is 0 Å². The standard InChI is InChI=1S/C13H11ClF5N3O/c14-10-2-1-8(6-21-10)7-22-4-3-20-11(22)5-9(23)12(15,16)13(17,18)19/h1-2,5-6,20H,3-4,7H2. The van der Waals surface area contributed by atoms with Gasteiger partial charge in [0, 0.05) is 31.9 Å². The lowest BCUT2D eigenvalue weighted by atomic mass is 10.2. The first-order valence-corrected chi connectivity index (χ1v) is 6.79. The third-order valence-corrected chi connectivity index (χ3v) is 3.35. The number of nitrogens with zero attached hydrogens (tertiary/aromatic N) is 2. The highest BCUT2D eigenvalue weighted by molar-refractivity contribution is 6.29. The Labute approximate surface area is 132 Å². The van der Waals surface area contributed by atoms with Crippen LogP contribution < -0.4 is 5.32 Å². The number of rotatable bonds is 4. The monoisotopic (exact) mass is 355 g/mol. The van der Waals surface area contributed by atoms with Crippen molar-refractivity contribution in [2.24, 2.45) is 0 Å². The summed E-state index contributed by atoms with van der Waals surface area (Å²) in [6, 6.07) is 3.16. The van der Waals surface area contributed by atoms with Crippen molar-refractivity contribution < 1.29 is 26.7 Å². The van der Waals surface area contributed by atoms with Crippen LogP contribution in [0.5, 0.6) is 0 Å². The minimum absolute atomic E-state index is 0.0890. The topological polar surface area (TPSA) is 45.2 Å². The molecule has 1 saturated heterocycles. The van der Waals surface area contributed by atoms with Crippen LogP contribution in [0.15, 0.2) is 30.2 Å². The molecule has 0 amide bonds. The van der Waals surface area contributed by atoms with Gasteiger partial charge in [-0.05, 0) is 11.6 Å². The Morgan fingerprint density at radius 2 is 2.04 bits per heavy atom. The predicted molar refractivity (Wildman–Crippen MR) is 71.8 cm³/mol. The molecule has 0 aromatic carbocycles. The molecule has 2 rings (SSSR count). The van der Waals surface area contributed by atoms with Crippen molar-refractivity contribution in [2.45, 2.75) is 18.6 Å². The molecule has 23 heavy (non-hydrogen) atoms. The number of pyridine rings is 1. The van der Waals surface area contributed by atoms with Crippen LogP contribution >= 0.6 is 11.6 Å². The van der Waals surface area contributed by atoms with Gasteiger partial charge in [0.15, 0.2) is 0 Å². The van der Waals surface area contributed by atoms with E-state index in [4.69, 9.17) is 11.6 Å². The number of ketones is 1. The summed E-state index contributed by atoms with van der Waals surface area (Å²) >= 11 is 5.64. The highest BCUT2D eigenvalue weighted by Crippen LogP contribution is 2.36. The van der Waals surface area contributed by atoms with Crippen molar-refractivity contribution in [3.05, 3.63) is 40.9 Å². The van der Waals surface area contributed by atoms with Crippen molar-refractivity contribution in [3.8, 4) is 0 Å². The summed E-state index contributed by atoms with van der Waals surface area (Å²) < 4.78 is 62.5. The minimum Gasteiger partial charge on any atom is -0.370 e. The molecule has 10 heteroatoms. The van der Waals surface area contributed by atoms with Gasteiger partial charge in [-0.2, -0.15) is 22.0 Å². The summed E-state index contributed by atoms with van der Waals surface area (Å²) in [4.78, 5) is 16.6. The molecular formula is C13H11ClF5N3O. The normalized spacial score (nSPS) is 17.5. The van der Waals surface area contributed by atoms with E-state index in [2.05, 4.69) is 10.3 Å². The first-order valence-electron chi connectivity index (χ1n) is 6.41. The minimum atomic E-state index is -5.93. The van der Waals surface area contributed by atoms with Crippen molar-refractivity contribution in [1.82, 2.24) is 15.2 Å². The van der Waals surface area contributed by atoms with Gasteiger partial charge in [0.2, 0.25) is 5.78 Å². The number of aromatic nitrogens is 1. The number of alkyl halides is 5. The van der Waals surface area contributed by atoms with E-state index < -0.39 is 17.9 Å². The van der Waals surface area contributed by atoms with Gasteiger partial charge in [0.1, 0.15) is 11.0 Å². The molecule has 0 unspecified atom stereocenters. The quantitative estimate of drug-likeness (QED) is 0.512. The summed E-state index contributed by atoms with van der Waals surface area (Å²) in [5.74, 6) is -7.82. The lowest BCUT2D eigenvalue weighted by Gasteiger charge is -2.20. The van der Waals surface area contributed by atoms with Crippen LogP contribution in [-0.2, 0) is 11.3 Å². The number of carbonyl (C=O) groups excluding carboxylic acids is 1. The van der Waals surface area contributed by atoms with Crippen LogP contribution in [0.2, 0.25) is 5.15 Å². The maximum Gasteiger partial charge on any atom is 0.461 e. The molecule has 0 aliphatic carbocycles. The van der Waals surface area contributed by atoms with E-state index in [1.807, 2.05) is 0 Å². The molecule has 2 heterocycles. The van der Waals surface area contributed by atoms with Crippen LogP contribution in [-0.4, -0.2) is 40.9 Å². The zero-order chi connectivity index (χ0) is 17.3. The summed E-state index contributed by atoms with van der Waals surface area (Å²) in [5.41, 5.74) is 0.666. The second-order valence-electron chi connectivity index (χ2n) is 4.80. The summed E-state index contributed by atoms with van der Waals surface area (Å²) in [7, 11) is 0. The molecule has 1 aliphatic rings. The van der Waals surface area contributed by atoms with Crippen LogP contribution in [0.4, 0.5) is 22.0 Å². The van der Waals surface area contributed by atoms with Gasteiger partial charge in [-0.15, -0.1) is 0 Å². The van der Waals surface area contributed by atoms with Gasteiger partial charge in [-0.3, -0.25) is 4.79 Å². The van der Waals surface area contributed by atoms with E-state index in [0.29, 0.717) is 18.7 Å². The second kappa shape index (κ2) is 6.31. The number of hydrogen-bond donors (Lipinski definition) is 1. The third kappa shape index (κ3) is 3.90. The van der Waals surface area contributed by atoms with Crippen molar-refractivity contribution in [1.29, 1.82) is 0 Å². The molecule has 4 nitrogen and oxygen atoms in total. The Bertz CT molecular complexity index is 615. The Balaban J connectivity index is 2.15. The van der Waals surface area contributed by atoms with Crippen molar-refractivity contribution in [2.75, 3.05) is 13.1 Å². The fourth-order valence-electron chi connectivity index (χ4n) is 1.93. The Morgan fingerprint density at radius 1 is 1.35 bits per heavy atom. The zero-order valence-electron chi connectivity index (χ0n) is 11.5. The van der Waals surface area contributed by atoms with Gasteiger partial charge in [0.25, 0.3) is 0 Å². The first-order chi connectivity index (χ1) is 10.6. The Morgan fingerprint density at radius 3 is 2.61 bits per heavy atom. The molecule has 1 aromatic heterocycles. The number of nitrogens with one attached hydrogen (secondary N) is 1. The molecule has 0 radical (unpaired) electrons. The van der Waals surface area contributed by atoms with Crippen molar-refractivity contribution >= 4 is 17.4 Å². The van der Waals surface area contributed by atoms with E-state index in [0.717, 1.165) is 0 Å². The molecule has 1 aliphatic heterocycles. The molecule has 0 bridgehead atoms. The summed E-state index contributed by atoms with van der Waals surface area (Å²) in [6.07, 6.45) is -4.20. The van der Waals surface area contributed by atoms with E-state index in [1.54, 1.807) is 6.07 Å². The van der Waals surface area contributed by atoms with E-state index in [9.17, 15) is 26.7 Å². The van der Waals surface area contributed by atoms with Gasteiger partial charge < -0.3 is 10.2 Å². The van der Waals surface area contributed by atoms with Crippen LogP contribution in [0.25, 0.3) is 0 Å². The molecule has 1 aromatic rings. The van der Waals surface area contributed by atoms with Gasteiger partial charge in [0.05, 0.1) is 0 Å². The number of hydrogen-bond acceptors (Lipinski definition) is 4. The maximum absolute atomic E-state index is 13.0. The summed E-state index contributed by atoms with van der Waals surface area (Å²) in [5, 5.41) is 2.88. The fourth-order valence-corrected chi connectivity index (χ4v) is 2.04. The highest BCUT2D eigenvalue weighted by Gasteiger charge is 2.62. The lowest BCUT2D eigenvalue weighted by Crippen LogP contribution is -2.43. The second-order valence-corrected chi connectivity index (χ2v) is 5.19. The predicted octanol–water partition coefficient (Wildman–Crippen LogP) is 2.75. The molecule has 0 spiro atoms. The van der Waals surface area contributed by atoms with Gasteiger partial charge in [-0.25, -0.2) is 4.98 Å². The maximum atomic E-state index is 13.0. The Kier molecular flexibility index (Phi) is 4.79. The van der Waals surface area contributed by atoms with Gasteiger partial charge >= 0.3 is 12.1 Å². The number of carbonyl (C=O) groups is 1. The van der Waals surface area contributed by atoms with E-state index >= 15 is 0 Å². The molecule has 0 saturated carbocycles. The van der Waals surface area contributed by atoms with E-state index in [-0.39, 0.29) is 23.6 Å². The van der Waals surface area contributed by atoms with Crippen LogP contribution in [0.3, 0.4) is 0 Å². The highest BCUT2D eigenvalue weighted by atomic mass is 35.5. The molecule has 1 N–H and O–H groups in total.